The van der Waals surface area contributed by atoms with Crippen LogP contribution in [-0.2, 0) is 0 Å². The van der Waals surface area contributed by atoms with E-state index in [2.05, 4.69) is 51.2 Å². The number of hydrogen-bond acceptors (Lipinski definition) is 5. The third-order valence-corrected chi connectivity index (χ3v) is 3.84. The van der Waals surface area contributed by atoms with Crippen molar-refractivity contribution in [3.8, 4) is 0 Å². The van der Waals surface area contributed by atoms with Gasteiger partial charge in [0.1, 0.15) is 5.82 Å². The number of rotatable bonds is 8. The molecule has 0 fully saturated rings. The molecule has 21 heavy (non-hydrogen) atoms. The molecule has 2 heterocycles. The minimum Gasteiger partial charge on any atom is -0.367 e. The van der Waals surface area contributed by atoms with E-state index >= 15 is 0 Å². The van der Waals surface area contributed by atoms with Crippen LogP contribution in [0.1, 0.15) is 33.6 Å². The van der Waals surface area contributed by atoms with E-state index in [-0.39, 0.29) is 5.28 Å². The van der Waals surface area contributed by atoms with E-state index < -0.39 is 0 Å². The van der Waals surface area contributed by atoms with Crippen molar-refractivity contribution in [2.24, 2.45) is 0 Å². The molecule has 0 saturated heterocycles. The Balaban J connectivity index is 1.92. The van der Waals surface area contributed by atoms with Gasteiger partial charge in [-0.25, -0.2) is 0 Å². The number of anilines is 1. The van der Waals surface area contributed by atoms with Gasteiger partial charge in [-0.15, -0.1) is 0 Å². The predicted octanol–water partition coefficient (Wildman–Crippen LogP) is 2.93. The summed E-state index contributed by atoms with van der Waals surface area (Å²) in [7, 11) is 0. The average Bonchev–Trinajstić information content (AvgIpc) is 2.92. The first kappa shape index (κ1) is 16.0. The van der Waals surface area contributed by atoms with Crippen LogP contribution in [0.2, 0.25) is 5.28 Å². The summed E-state index contributed by atoms with van der Waals surface area (Å²) < 4.78 is 0. The standard InChI is InChI=1S/C14H23ClN6/c1-4-21(5-2)8-6-7-10(3)17-12-11-9-16-20-13(11)19-14(15)18-12/h9-10H,4-8H2,1-3H3,(H2,16,17,18,19,20). The summed E-state index contributed by atoms with van der Waals surface area (Å²) in [6.45, 7) is 9.90. The Morgan fingerprint density at radius 1 is 1.33 bits per heavy atom. The van der Waals surface area contributed by atoms with Crippen molar-refractivity contribution in [2.75, 3.05) is 25.0 Å². The molecule has 0 amide bonds. The van der Waals surface area contributed by atoms with Gasteiger partial charge in [0.2, 0.25) is 5.28 Å². The molecule has 6 nitrogen and oxygen atoms in total. The van der Waals surface area contributed by atoms with Gasteiger partial charge in [0.15, 0.2) is 5.65 Å². The number of fused-ring (bicyclic) bond motifs is 1. The molecule has 0 saturated carbocycles. The molecule has 0 aromatic carbocycles. The molecular weight excluding hydrogens is 288 g/mol. The van der Waals surface area contributed by atoms with Crippen molar-refractivity contribution in [1.29, 1.82) is 0 Å². The highest BCUT2D eigenvalue weighted by Gasteiger charge is 2.11. The molecule has 1 atom stereocenters. The van der Waals surface area contributed by atoms with Crippen LogP contribution in [0.4, 0.5) is 5.82 Å². The van der Waals surface area contributed by atoms with Crippen molar-refractivity contribution < 1.29 is 0 Å². The molecule has 2 N–H and O–H groups in total. The van der Waals surface area contributed by atoms with E-state index in [1.807, 2.05) is 0 Å². The highest BCUT2D eigenvalue weighted by molar-refractivity contribution is 6.28. The maximum atomic E-state index is 5.93. The largest absolute Gasteiger partial charge is 0.367 e. The van der Waals surface area contributed by atoms with Gasteiger partial charge in [-0.2, -0.15) is 15.1 Å². The molecule has 0 spiro atoms. The molecule has 2 aromatic heterocycles. The molecule has 0 radical (unpaired) electrons. The van der Waals surface area contributed by atoms with E-state index in [1.54, 1.807) is 6.20 Å². The second kappa shape index (κ2) is 7.56. The van der Waals surface area contributed by atoms with E-state index in [1.165, 1.54) is 0 Å². The fourth-order valence-corrected chi connectivity index (χ4v) is 2.55. The second-order valence-corrected chi connectivity index (χ2v) is 5.53. The third-order valence-electron chi connectivity index (χ3n) is 3.67. The van der Waals surface area contributed by atoms with Crippen LogP contribution >= 0.6 is 11.6 Å². The van der Waals surface area contributed by atoms with Gasteiger partial charge >= 0.3 is 0 Å². The van der Waals surface area contributed by atoms with E-state index in [4.69, 9.17) is 11.6 Å². The quantitative estimate of drug-likeness (QED) is 0.734. The van der Waals surface area contributed by atoms with Crippen molar-refractivity contribution >= 4 is 28.5 Å². The van der Waals surface area contributed by atoms with Crippen LogP contribution in [0.3, 0.4) is 0 Å². The summed E-state index contributed by atoms with van der Waals surface area (Å²) in [5.41, 5.74) is 0.660. The molecule has 2 aromatic rings. The first-order chi connectivity index (χ1) is 10.1. The fraction of sp³-hybridized carbons (Fsp3) is 0.643. The second-order valence-electron chi connectivity index (χ2n) is 5.19. The van der Waals surface area contributed by atoms with Gasteiger partial charge in [-0.05, 0) is 51.0 Å². The first-order valence-corrected chi connectivity index (χ1v) is 7.87. The van der Waals surface area contributed by atoms with Crippen molar-refractivity contribution in [2.45, 2.75) is 39.7 Å². The lowest BCUT2D eigenvalue weighted by Gasteiger charge is -2.20. The summed E-state index contributed by atoms with van der Waals surface area (Å²) in [4.78, 5) is 10.8. The topological polar surface area (TPSA) is 69.7 Å². The smallest absolute Gasteiger partial charge is 0.226 e. The van der Waals surface area contributed by atoms with Crippen molar-refractivity contribution in [3.05, 3.63) is 11.5 Å². The molecular formula is C14H23ClN6. The van der Waals surface area contributed by atoms with Crippen LogP contribution in [0.5, 0.6) is 0 Å². The van der Waals surface area contributed by atoms with E-state index in [0.717, 1.165) is 43.7 Å². The number of aromatic nitrogens is 4. The molecule has 7 heteroatoms. The Morgan fingerprint density at radius 2 is 2.10 bits per heavy atom. The van der Waals surface area contributed by atoms with E-state index in [9.17, 15) is 0 Å². The summed E-state index contributed by atoms with van der Waals surface area (Å²) in [5.74, 6) is 0.745. The highest BCUT2D eigenvalue weighted by atomic mass is 35.5. The van der Waals surface area contributed by atoms with Gasteiger partial charge in [-0.3, -0.25) is 5.10 Å². The SMILES string of the molecule is CCN(CC)CCCC(C)Nc1nc(Cl)nc2[nH]ncc12. The van der Waals surface area contributed by atoms with Crippen molar-refractivity contribution in [3.63, 3.8) is 0 Å². The Kier molecular flexibility index (Phi) is 5.76. The fourth-order valence-electron chi connectivity index (χ4n) is 2.38. The molecule has 2 rings (SSSR count). The van der Waals surface area contributed by atoms with Gasteiger partial charge in [-0.1, -0.05) is 13.8 Å². The van der Waals surface area contributed by atoms with Gasteiger partial charge in [0.05, 0.1) is 11.6 Å². The summed E-state index contributed by atoms with van der Waals surface area (Å²) in [5, 5.41) is 11.3. The van der Waals surface area contributed by atoms with Gasteiger partial charge in [0, 0.05) is 6.04 Å². The van der Waals surface area contributed by atoms with Crippen molar-refractivity contribution in [1.82, 2.24) is 25.1 Å². The van der Waals surface area contributed by atoms with Gasteiger partial charge in [0.25, 0.3) is 0 Å². The number of hydrogen-bond donors (Lipinski definition) is 2. The normalized spacial score (nSPS) is 13.0. The molecule has 116 valence electrons. The van der Waals surface area contributed by atoms with Gasteiger partial charge < -0.3 is 10.2 Å². The third kappa shape index (κ3) is 4.28. The van der Waals surface area contributed by atoms with Crippen LogP contribution in [-0.4, -0.2) is 50.7 Å². The Hall–Kier alpha value is -1.40. The zero-order chi connectivity index (χ0) is 15.2. The Labute approximate surface area is 130 Å². The summed E-state index contributed by atoms with van der Waals surface area (Å²) in [6.07, 6.45) is 3.96. The minimum absolute atomic E-state index is 0.226. The molecule has 0 aliphatic heterocycles. The summed E-state index contributed by atoms with van der Waals surface area (Å²) in [6, 6.07) is 0.324. The molecule has 0 aliphatic carbocycles. The number of H-pyrrole nitrogens is 1. The number of nitrogens with zero attached hydrogens (tertiary/aromatic N) is 4. The average molecular weight is 311 g/mol. The predicted molar refractivity (Wildman–Crippen MR) is 86.8 cm³/mol. The molecule has 0 bridgehead atoms. The van der Waals surface area contributed by atoms with Crippen LogP contribution in [0.15, 0.2) is 6.20 Å². The Bertz CT molecular complexity index is 566. The number of halogens is 1. The number of nitrogens with one attached hydrogen (secondary N) is 2. The van der Waals surface area contributed by atoms with E-state index in [0.29, 0.717) is 11.7 Å². The monoisotopic (exact) mass is 310 g/mol. The Morgan fingerprint density at radius 3 is 2.81 bits per heavy atom. The number of aromatic amines is 1. The first-order valence-electron chi connectivity index (χ1n) is 7.49. The zero-order valence-corrected chi connectivity index (χ0v) is 13.6. The van der Waals surface area contributed by atoms with Crippen LogP contribution < -0.4 is 5.32 Å². The molecule has 1 unspecified atom stereocenters. The highest BCUT2D eigenvalue weighted by Crippen LogP contribution is 2.21. The lowest BCUT2D eigenvalue weighted by Crippen LogP contribution is -2.25. The van der Waals surface area contributed by atoms with Crippen LogP contribution in [0.25, 0.3) is 11.0 Å². The zero-order valence-electron chi connectivity index (χ0n) is 12.9. The minimum atomic E-state index is 0.226. The van der Waals surface area contributed by atoms with Crippen LogP contribution in [0, 0.1) is 0 Å². The molecule has 0 aliphatic rings. The maximum absolute atomic E-state index is 5.93. The lowest BCUT2D eigenvalue weighted by atomic mass is 10.1. The summed E-state index contributed by atoms with van der Waals surface area (Å²) >= 11 is 5.93. The lowest BCUT2D eigenvalue weighted by molar-refractivity contribution is 0.295. The maximum Gasteiger partial charge on any atom is 0.226 e.